The van der Waals surface area contributed by atoms with Gasteiger partial charge in [-0.25, -0.2) is 0 Å². The molecule has 0 unspecified atom stereocenters. The van der Waals surface area contributed by atoms with Crippen LogP contribution in [0.4, 0.5) is 0 Å². The SMILES string of the molecule is COP(=S)(OC)C1=C(N2CCCCC2)/C(=C/c2ccccc2)CC1. The van der Waals surface area contributed by atoms with Gasteiger partial charge >= 0.3 is 0 Å². The summed E-state index contributed by atoms with van der Waals surface area (Å²) in [4.78, 5) is 2.51. The second-order valence-electron chi connectivity index (χ2n) is 6.29. The van der Waals surface area contributed by atoms with Crippen LogP contribution in [0.1, 0.15) is 37.7 Å². The van der Waals surface area contributed by atoms with E-state index in [4.69, 9.17) is 20.9 Å². The van der Waals surface area contributed by atoms with Crippen LogP contribution in [-0.4, -0.2) is 32.2 Å². The van der Waals surface area contributed by atoms with Crippen molar-refractivity contribution < 1.29 is 9.05 Å². The first-order chi connectivity index (χ1) is 11.7. The van der Waals surface area contributed by atoms with Gasteiger partial charge in [-0.1, -0.05) is 30.3 Å². The summed E-state index contributed by atoms with van der Waals surface area (Å²) in [6, 6.07) is 10.5. The van der Waals surface area contributed by atoms with Gasteiger partial charge in [-0.3, -0.25) is 0 Å². The van der Waals surface area contributed by atoms with Crippen LogP contribution in [0.15, 0.2) is 46.9 Å². The highest BCUT2D eigenvalue weighted by Gasteiger charge is 2.34. The summed E-state index contributed by atoms with van der Waals surface area (Å²) in [5.74, 6) is 0. The smallest absolute Gasteiger partial charge is 0.217 e. The van der Waals surface area contributed by atoms with E-state index in [0.29, 0.717) is 0 Å². The average Bonchev–Trinajstić information content (AvgIpc) is 3.07. The van der Waals surface area contributed by atoms with Crippen LogP contribution in [0, 0.1) is 0 Å². The Balaban J connectivity index is 2.05. The van der Waals surface area contributed by atoms with Crippen LogP contribution in [-0.2, 0) is 20.9 Å². The Bertz CT molecular complexity index is 670. The molecule has 0 aromatic heterocycles. The van der Waals surface area contributed by atoms with Gasteiger partial charge in [0.05, 0.1) is 0 Å². The third-order valence-corrected chi connectivity index (χ3v) is 8.45. The molecule has 0 radical (unpaired) electrons. The molecule has 1 saturated heterocycles. The number of rotatable bonds is 5. The summed E-state index contributed by atoms with van der Waals surface area (Å²) in [5, 5.41) is 1.21. The van der Waals surface area contributed by atoms with Crippen LogP contribution < -0.4 is 0 Å². The molecule has 5 heteroatoms. The van der Waals surface area contributed by atoms with Crippen LogP contribution in [0.3, 0.4) is 0 Å². The van der Waals surface area contributed by atoms with Gasteiger partial charge in [0, 0.05) is 38.3 Å². The fourth-order valence-corrected chi connectivity index (χ4v) is 5.68. The molecule has 130 valence electrons. The summed E-state index contributed by atoms with van der Waals surface area (Å²) in [6.45, 7) is -0.153. The predicted molar refractivity (Wildman–Crippen MR) is 104 cm³/mol. The molecule has 3 nitrogen and oxygen atoms in total. The molecule has 0 spiro atoms. The van der Waals surface area contributed by atoms with Crippen molar-refractivity contribution in [2.75, 3.05) is 27.3 Å². The molecule has 3 rings (SSSR count). The number of allylic oxidation sites excluding steroid dienone is 2. The molecule has 1 fully saturated rings. The lowest BCUT2D eigenvalue weighted by Crippen LogP contribution is -2.29. The van der Waals surface area contributed by atoms with Gasteiger partial charge in [-0.15, -0.1) is 0 Å². The summed E-state index contributed by atoms with van der Waals surface area (Å²) in [7, 11) is 3.37. The fraction of sp³-hybridized carbons (Fsp3) is 0.474. The standard InChI is InChI=1S/C19H26NO2PS/c1-21-23(24,22-2)18-12-11-17(15-16-9-5-3-6-10-16)19(18)20-13-7-4-8-14-20/h3,5-6,9-10,15H,4,7-8,11-14H2,1-2H3/b17-15+. The van der Waals surface area contributed by atoms with Gasteiger partial charge in [0.1, 0.15) is 0 Å². The van der Waals surface area contributed by atoms with Crippen molar-refractivity contribution in [2.45, 2.75) is 32.1 Å². The van der Waals surface area contributed by atoms with Crippen molar-refractivity contribution in [3.8, 4) is 0 Å². The number of nitrogens with zero attached hydrogens (tertiary/aromatic N) is 1. The molecule has 0 atom stereocenters. The van der Waals surface area contributed by atoms with Crippen molar-refractivity contribution in [3.05, 3.63) is 52.5 Å². The van der Waals surface area contributed by atoms with Crippen molar-refractivity contribution in [2.24, 2.45) is 0 Å². The average molecular weight is 363 g/mol. The monoisotopic (exact) mass is 363 g/mol. The van der Waals surface area contributed by atoms with Crippen molar-refractivity contribution in [1.29, 1.82) is 0 Å². The molecule has 1 aliphatic carbocycles. The zero-order chi connectivity index (χ0) is 17.0. The van der Waals surface area contributed by atoms with E-state index in [9.17, 15) is 0 Å². The highest BCUT2D eigenvalue weighted by Crippen LogP contribution is 2.62. The van der Waals surface area contributed by atoms with Gasteiger partial charge < -0.3 is 13.9 Å². The largest absolute Gasteiger partial charge is 0.371 e. The Morgan fingerprint density at radius 2 is 1.67 bits per heavy atom. The van der Waals surface area contributed by atoms with Crippen LogP contribution in [0.25, 0.3) is 6.08 Å². The summed E-state index contributed by atoms with van der Waals surface area (Å²) < 4.78 is 11.4. The third-order valence-electron chi connectivity index (χ3n) is 4.83. The van der Waals surface area contributed by atoms with E-state index in [1.54, 1.807) is 14.2 Å². The maximum Gasteiger partial charge on any atom is 0.217 e. The van der Waals surface area contributed by atoms with Crippen LogP contribution >= 0.6 is 6.49 Å². The molecule has 0 N–H and O–H groups in total. The molecular formula is C19H26NO2PS. The Kier molecular flexibility index (Phi) is 5.93. The summed E-state index contributed by atoms with van der Waals surface area (Å²) >= 11 is 5.78. The molecule has 0 bridgehead atoms. The Hall–Kier alpha value is -0.930. The molecule has 2 aliphatic rings. The van der Waals surface area contributed by atoms with E-state index in [1.165, 1.54) is 41.4 Å². The van der Waals surface area contributed by atoms with Crippen LogP contribution in [0.5, 0.6) is 0 Å². The number of benzene rings is 1. The van der Waals surface area contributed by atoms with Crippen LogP contribution in [0.2, 0.25) is 0 Å². The van der Waals surface area contributed by atoms with E-state index in [1.807, 2.05) is 0 Å². The number of hydrogen-bond acceptors (Lipinski definition) is 4. The van der Waals surface area contributed by atoms with E-state index >= 15 is 0 Å². The highest BCUT2D eigenvalue weighted by atomic mass is 32.5. The maximum atomic E-state index is 5.78. The van der Waals surface area contributed by atoms with E-state index < -0.39 is 6.49 Å². The van der Waals surface area contributed by atoms with E-state index in [2.05, 4.69) is 41.3 Å². The van der Waals surface area contributed by atoms with Gasteiger partial charge in [-0.2, -0.15) is 0 Å². The normalized spacial score (nSPS) is 20.9. The van der Waals surface area contributed by atoms with Gasteiger partial charge in [-0.05, 0) is 61.1 Å². The lowest BCUT2D eigenvalue weighted by Gasteiger charge is -2.33. The van der Waals surface area contributed by atoms with Crippen molar-refractivity contribution in [3.63, 3.8) is 0 Å². The lowest BCUT2D eigenvalue weighted by molar-refractivity contribution is 0.288. The number of hydrogen-bond donors (Lipinski definition) is 0. The van der Waals surface area contributed by atoms with Crippen molar-refractivity contribution >= 4 is 24.4 Å². The number of likely N-dealkylation sites (tertiary alicyclic amines) is 1. The summed E-state index contributed by atoms with van der Waals surface area (Å²) in [6.07, 6.45) is 8.09. The fourth-order valence-electron chi connectivity index (χ4n) is 3.63. The van der Waals surface area contributed by atoms with Gasteiger partial charge in [0.2, 0.25) is 6.49 Å². The van der Waals surface area contributed by atoms with E-state index in [0.717, 1.165) is 25.9 Å². The quantitative estimate of drug-likeness (QED) is 0.673. The lowest BCUT2D eigenvalue weighted by atomic mass is 10.1. The first kappa shape index (κ1) is 17.9. The molecule has 0 saturated carbocycles. The van der Waals surface area contributed by atoms with Crippen molar-refractivity contribution in [1.82, 2.24) is 4.90 Å². The minimum Gasteiger partial charge on any atom is -0.371 e. The van der Waals surface area contributed by atoms with Gasteiger partial charge in [0.25, 0.3) is 0 Å². The zero-order valence-electron chi connectivity index (χ0n) is 14.5. The Labute approximate surface area is 150 Å². The summed E-state index contributed by atoms with van der Waals surface area (Å²) in [5.41, 5.74) is 3.93. The molecule has 1 aromatic carbocycles. The molecule has 24 heavy (non-hydrogen) atoms. The van der Waals surface area contributed by atoms with E-state index in [-0.39, 0.29) is 0 Å². The third kappa shape index (κ3) is 3.67. The van der Waals surface area contributed by atoms with Gasteiger partial charge in [0.15, 0.2) is 0 Å². The zero-order valence-corrected chi connectivity index (χ0v) is 16.2. The maximum absolute atomic E-state index is 5.78. The predicted octanol–water partition coefficient (Wildman–Crippen LogP) is 5.16. The Morgan fingerprint density at radius 3 is 2.29 bits per heavy atom. The minimum atomic E-state index is -2.36. The highest BCUT2D eigenvalue weighted by molar-refractivity contribution is 8.11. The molecule has 0 amide bonds. The number of piperidine rings is 1. The second-order valence-corrected chi connectivity index (χ2v) is 9.99. The first-order valence-corrected chi connectivity index (χ1v) is 11.3. The second kappa shape index (κ2) is 7.97. The first-order valence-electron chi connectivity index (χ1n) is 8.64. The molecular weight excluding hydrogens is 337 g/mol. The minimum absolute atomic E-state index is 0.948. The Morgan fingerprint density at radius 1 is 1.00 bits per heavy atom. The topological polar surface area (TPSA) is 21.7 Å². The molecule has 1 heterocycles. The molecule has 1 aromatic rings. The molecule has 1 aliphatic heterocycles.